The molecule has 1 aliphatic heterocycles. The fraction of sp³-hybridized carbons (Fsp3) is 0.500. The van der Waals surface area contributed by atoms with Gasteiger partial charge in [-0.1, -0.05) is 13.0 Å². The van der Waals surface area contributed by atoms with Gasteiger partial charge < -0.3 is 5.32 Å². The van der Waals surface area contributed by atoms with Crippen LogP contribution in [0.15, 0.2) is 12.1 Å². The fourth-order valence-electron chi connectivity index (χ4n) is 2.73. The number of benzene rings is 1. The van der Waals surface area contributed by atoms with Crippen LogP contribution in [0.4, 0.5) is 5.69 Å². The molecule has 17 heavy (non-hydrogen) atoms. The SMILES string of the molecule is Cc1cc(C)c2c(c1)NC(=O)C2NC1CC1C. The Morgan fingerprint density at radius 2 is 2.06 bits per heavy atom. The van der Waals surface area contributed by atoms with Gasteiger partial charge in [-0.25, -0.2) is 0 Å². The standard InChI is InChI=1S/C14H18N2O/c1-7-4-9(3)12-11(5-7)16-14(17)13(12)15-10-6-8(10)2/h4-5,8,10,13,15H,6H2,1-3H3,(H,16,17). The summed E-state index contributed by atoms with van der Waals surface area (Å²) in [5, 5.41) is 6.43. The Balaban J connectivity index is 1.95. The van der Waals surface area contributed by atoms with Crippen LogP contribution < -0.4 is 10.6 Å². The number of anilines is 1. The first-order valence-corrected chi connectivity index (χ1v) is 6.24. The maximum absolute atomic E-state index is 12.0. The predicted octanol–water partition coefficient (Wildman–Crippen LogP) is 2.29. The van der Waals surface area contributed by atoms with Gasteiger partial charge in [0.25, 0.3) is 0 Å². The zero-order chi connectivity index (χ0) is 12.2. The van der Waals surface area contributed by atoms with Crippen molar-refractivity contribution in [2.24, 2.45) is 5.92 Å². The smallest absolute Gasteiger partial charge is 0.246 e. The number of fused-ring (bicyclic) bond motifs is 1. The van der Waals surface area contributed by atoms with Gasteiger partial charge in [-0.2, -0.15) is 0 Å². The maximum Gasteiger partial charge on any atom is 0.246 e. The summed E-state index contributed by atoms with van der Waals surface area (Å²) in [6.45, 7) is 6.35. The Hall–Kier alpha value is -1.35. The lowest BCUT2D eigenvalue weighted by molar-refractivity contribution is -0.117. The third-order valence-corrected chi connectivity index (χ3v) is 3.83. The highest BCUT2D eigenvalue weighted by molar-refractivity contribution is 6.03. The predicted molar refractivity (Wildman–Crippen MR) is 68.0 cm³/mol. The highest BCUT2D eigenvalue weighted by Gasteiger charge is 2.40. The van der Waals surface area contributed by atoms with Gasteiger partial charge in [-0.3, -0.25) is 10.1 Å². The van der Waals surface area contributed by atoms with E-state index in [1.165, 1.54) is 17.5 Å². The van der Waals surface area contributed by atoms with Gasteiger partial charge in [0.05, 0.1) is 0 Å². The van der Waals surface area contributed by atoms with E-state index < -0.39 is 0 Å². The molecule has 1 aliphatic carbocycles. The number of carbonyl (C=O) groups excluding carboxylic acids is 1. The number of carbonyl (C=O) groups is 1. The molecule has 90 valence electrons. The Morgan fingerprint density at radius 3 is 2.71 bits per heavy atom. The average molecular weight is 230 g/mol. The van der Waals surface area contributed by atoms with Gasteiger partial charge in [0.2, 0.25) is 5.91 Å². The minimum Gasteiger partial charge on any atom is -0.324 e. The Kier molecular flexibility index (Phi) is 2.26. The molecular weight excluding hydrogens is 212 g/mol. The molecule has 0 aromatic heterocycles. The molecule has 1 saturated carbocycles. The van der Waals surface area contributed by atoms with E-state index in [9.17, 15) is 4.79 Å². The van der Waals surface area contributed by atoms with E-state index in [2.05, 4.69) is 43.5 Å². The van der Waals surface area contributed by atoms with Crippen molar-refractivity contribution in [3.05, 3.63) is 28.8 Å². The first-order valence-electron chi connectivity index (χ1n) is 6.24. The first-order chi connectivity index (χ1) is 8.06. The summed E-state index contributed by atoms with van der Waals surface area (Å²) in [5.41, 5.74) is 4.52. The summed E-state index contributed by atoms with van der Waals surface area (Å²) >= 11 is 0. The van der Waals surface area contributed by atoms with Gasteiger partial charge in [-0.15, -0.1) is 0 Å². The van der Waals surface area contributed by atoms with E-state index in [0.717, 1.165) is 11.3 Å². The van der Waals surface area contributed by atoms with Crippen LogP contribution in [0.25, 0.3) is 0 Å². The van der Waals surface area contributed by atoms with Crippen molar-refractivity contribution in [3.63, 3.8) is 0 Å². The number of hydrogen-bond acceptors (Lipinski definition) is 2. The van der Waals surface area contributed by atoms with Crippen molar-refractivity contribution in [1.29, 1.82) is 0 Å². The number of amides is 1. The lowest BCUT2D eigenvalue weighted by atomic mass is 10.00. The Labute approximate surface area is 102 Å². The van der Waals surface area contributed by atoms with E-state index in [1.54, 1.807) is 0 Å². The molecule has 0 spiro atoms. The van der Waals surface area contributed by atoms with E-state index in [4.69, 9.17) is 0 Å². The van der Waals surface area contributed by atoms with Crippen molar-refractivity contribution in [2.45, 2.75) is 39.3 Å². The van der Waals surface area contributed by atoms with Crippen LogP contribution in [0, 0.1) is 19.8 Å². The summed E-state index contributed by atoms with van der Waals surface area (Å²) in [6.07, 6.45) is 1.18. The second kappa shape index (κ2) is 3.57. The molecule has 3 atom stereocenters. The van der Waals surface area contributed by atoms with Gasteiger partial charge in [0.15, 0.2) is 0 Å². The third kappa shape index (κ3) is 1.75. The summed E-state index contributed by atoms with van der Waals surface area (Å²) in [4.78, 5) is 12.0. The van der Waals surface area contributed by atoms with Gasteiger partial charge in [0.1, 0.15) is 6.04 Å². The van der Waals surface area contributed by atoms with Gasteiger partial charge in [0, 0.05) is 17.3 Å². The minimum atomic E-state index is -0.152. The van der Waals surface area contributed by atoms with Crippen LogP contribution in [-0.4, -0.2) is 11.9 Å². The molecule has 0 radical (unpaired) electrons. The molecule has 2 aliphatic rings. The minimum absolute atomic E-state index is 0.0906. The molecule has 0 bridgehead atoms. The summed E-state index contributed by atoms with van der Waals surface area (Å²) in [6, 6.07) is 4.56. The van der Waals surface area contributed by atoms with Crippen LogP contribution in [0.3, 0.4) is 0 Å². The van der Waals surface area contributed by atoms with Crippen molar-refractivity contribution in [2.75, 3.05) is 5.32 Å². The number of hydrogen-bond donors (Lipinski definition) is 2. The van der Waals surface area contributed by atoms with E-state index >= 15 is 0 Å². The van der Waals surface area contributed by atoms with Gasteiger partial charge in [-0.05, 0) is 43.4 Å². The highest BCUT2D eigenvalue weighted by Crippen LogP contribution is 2.38. The second-order valence-electron chi connectivity index (χ2n) is 5.45. The molecule has 1 heterocycles. The van der Waals surface area contributed by atoms with Crippen molar-refractivity contribution in [3.8, 4) is 0 Å². The van der Waals surface area contributed by atoms with Crippen molar-refractivity contribution < 1.29 is 4.79 Å². The average Bonchev–Trinajstić information content (AvgIpc) is 2.81. The van der Waals surface area contributed by atoms with E-state index in [1.807, 2.05) is 0 Å². The lowest BCUT2D eigenvalue weighted by Crippen LogP contribution is -2.30. The quantitative estimate of drug-likeness (QED) is 0.818. The van der Waals surface area contributed by atoms with E-state index in [-0.39, 0.29) is 11.9 Å². The number of rotatable bonds is 2. The van der Waals surface area contributed by atoms with Crippen LogP contribution in [-0.2, 0) is 4.79 Å². The largest absolute Gasteiger partial charge is 0.324 e. The summed E-state index contributed by atoms with van der Waals surface area (Å²) < 4.78 is 0. The first kappa shape index (κ1) is 10.8. The molecule has 0 saturated heterocycles. The van der Waals surface area contributed by atoms with Crippen molar-refractivity contribution in [1.82, 2.24) is 5.32 Å². The molecule has 3 unspecified atom stereocenters. The van der Waals surface area contributed by atoms with Crippen LogP contribution in [0.1, 0.15) is 36.1 Å². The topological polar surface area (TPSA) is 41.1 Å². The highest BCUT2D eigenvalue weighted by atomic mass is 16.2. The zero-order valence-corrected chi connectivity index (χ0v) is 10.5. The molecule has 1 amide bonds. The van der Waals surface area contributed by atoms with Crippen LogP contribution in [0.2, 0.25) is 0 Å². The summed E-state index contributed by atoms with van der Waals surface area (Å²) in [7, 11) is 0. The van der Waals surface area contributed by atoms with Crippen LogP contribution in [0.5, 0.6) is 0 Å². The molecule has 2 N–H and O–H groups in total. The molecule has 3 heteroatoms. The van der Waals surface area contributed by atoms with E-state index in [0.29, 0.717) is 12.0 Å². The number of aryl methyl sites for hydroxylation is 2. The fourth-order valence-corrected chi connectivity index (χ4v) is 2.73. The van der Waals surface area contributed by atoms with Crippen molar-refractivity contribution >= 4 is 11.6 Å². The zero-order valence-electron chi connectivity index (χ0n) is 10.5. The molecule has 3 rings (SSSR count). The monoisotopic (exact) mass is 230 g/mol. The molecule has 1 aromatic rings. The molecule has 3 nitrogen and oxygen atoms in total. The maximum atomic E-state index is 12.0. The van der Waals surface area contributed by atoms with Gasteiger partial charge >= 0.3 is 0 Å². The normalized spacial score (nSPS) is 30.1. The number of nitrogens with one attached hydrogen (secondary N) is 2. The third-order valence-electron chi connectivity index (χ3n) is 3.83. The molecular formula is C14H18N2O. The lowest BCUT2D eigenvalue weighted by Gasteiger charge is -2.13. The van der Waals surface area contributed by atoms with Crippen LogP contribution >= 0.6 is 0 Å². The molecule has 1 fully saturated rings. The Morgan fingerprint density at radius 1 is 1.35 bits per heavy atom. The molecule has 1 aromatic carbocycles. The Bertz CT molecular complexity index is 495. The summed E-state index contributed by atoms with van der Waals surface area (Å²) in [5.74, 6) is 0.797. The second-order valence-corrected chi connectivity index (χ2v) is 5.45.